The lowest BCUT2D eigenvalue weighted by atomic mass is 9.81. The summed E-state index contributed by atoms with van der Waals surface area (Å²) in [6.07, 6.45) is 3.93. The van der Waals surface area contributed by atoms with E-state index in [1.54, 1.807) is 6.92 Å². The van der Waals surface area contributed by atoms with Crippen molar-refractivity contribution < 1.29 is 14.3 Å². The molecule has 1 spiro atoms. The normalized spacial score (nSPS) is 28.9. The van der Waals surface area contributed by atoms with E-state index in [2.05, 4.69) is 0 Å². The van der Waals surface area contributed by atoms with Gasteiger partial charge in [-0.3, -0.25) is 9.59 Å². The molecule has 2 aliphatic rings. The number of hydrogen-bond acceptors (Lipinski definition) is 4. The highest BCUT2D eigenvalue weighted by atomic mass is 32.2. The molecule has 4 heteroatoms. The Hall–Kier alpha value is -0.510. The Morgan fingerprint density at radius 2 is 2.36 bits per heavy atom. The predicted molar refractivity (Wildman–Crippen MR) is 54.2 cm³/mol. The predicted octanol–water partition coefficient (Wildman–Crippen LogP) is 1.55. The molecule has 0 radical (unpaired) electrons. The van der Waals surface area contributed by atoms with E-state index in [1.807, 2.05) is 0 Å². The molecule has 3 nitrogen and oxygen atoms in total. The van der Waals surface area contributed by atoms with Gasteiger partial charge in [0.05, 0.1) is 6.61 Å². The molecule has 0 N–H and O–H groups in total. The Morgan fingerprint density at radius 3 is 2.79 bits per heavy atom. The number of ether oxygens (including phenoxy) is 1. The molecule has 1 aliphatic carbocycles. The molecule has 14 heavy (non-hydrogen) atoms. The number of esters is 1. The van der Waals surface area contributed by atoms with Crippen LogP contribution in [0.25, 0.3) is 0 Å². The van der Waals surface area contributed by atoms with E-state index in [9.17, 15) is 9.59 Å². The van der Waals surface area contributed by atoms with Crippen LogP contribution >= 0.6 is 11.8 Å². The molecule has 1 saturated carbocycles. The summed E-state index contributed by atoms with van der Waals surface area (Å²) in [5, 5.41) is -0.532. The van der Waals surface area contributed by atoms with E-state index < -0.39 is 5.25 Å². The summed E-state index contributed by atoms with van der Waals surface area (Å²) in [6, 6.07) is 0. The van der Waals surface area contributed by atoms with Crippen LogP contribution in [-0.2, 0) is 14.3 Å². The molecule has 1 unspecified atom stereocenters. The zero-order chi connectivity index (χ0) is 10.2. The van der Waals surface area contributed by atoms with E-state index in [4.69, 9.17) is 4.74 Å². The van der Waals surface area contributed by atoms with E-state index in [1.165, 1.54) is 18.2 Å². The second-order valence-electron chi connectivity index (χ2n) is 3.93. The van der Waals surface area contributed by atoms with Crippen molar-refractivity contribution in [3.63, 3.8) is 0 Å². The van der Waals surface area contributed by atoms with Crippen LogP contribution in [0, 0.1) is 0 Å². The van der Waals surface area contributed by atoms with Gasteiger partial charge in [0.1, 0.15) is 0 Å². The molecule has 1 atom stereocenters. The highest BCUT2D eigenvalue weighted by Crippen LogP contribution is 2.53. The largest absolute Gasteiger partial charge is 0.465 e. The van der Waals surface area contributed by atoms with Gasteiger partial charge < -0.3 is 4.74 Å². The van der Waals surface area contributed by atoms with Gasteiger partial charge >= 0.3 is 5.97 Å². The molecule has 0 aromatic heterocycles. The van der Waals surface area contributed by atoms with Gasteiger partial charge in [0.25, 0.3) is 0 Å². The number of carbonyl (C=O) groups is 2. The number of carbonyl (C=O) groups excluding carboxylic acids is 2. The quantitative estimate of drug-likeness (QED) is 0.516. The summed E-state index contributed by atoms with van der Waals surface area (Å²) in [7, 11) is 0. The average Bonchev–Trinajstić information content (AvgIpc) is 2.43. The lowest BCUT2D eigenvalue weighted by molar-refractivity contribution is -0.144. The van der Waals surface area contributed by atoms with Gasteiger partial charge in [-0.05, 0) is 19.8 Å². The van der Waals surface area contributed by atoms with Gasteiger partial charge in [-0.1, -0.05) is 6.42 Å². The zero-order valence-corrected chi connectivity index (χ0v) is 9.06. The SMILES string of the molecule is CCOC(=O)C1SC2(CCC2)CC1=O. The standard InChI is InChI=1S/C10H14O3S/c1-2-13-9(12)8-7(11)6-10(14-8)4-3-5-10/h8H,2-6H2,1H3. The molecule has 0 aromatic carbocycles. The molecule has 0 bridgehead atoms. The number of Topliss-reactive ketones (excluding diaryl/α,β-unsaturated/α-hetero) is 1. The average molecular weight is 214 g/mol. The van der Waals surface area contributed by atoms with Crippen LogP contribution in [0.15, 0.2) is 0 Å². The van der Waals surface area contributed by atoms with Crippen molar-refractivity contribution >= 4 is 23.5 Å². The summed E-state index contributed by atoms with van der Waals surface area (Å²) in [4.78, 5) is 23.0. The Kier molecular flexibility index (Phi) is 2.56. The summed E-state index contributed by atoms with van der Waals surface area (Å²) in [5.41, 5.74) is 0. The van der Waals surface area contributed by atoms with Crippen molar-refractivity contribution in [2.45, 2.75) is 42.6 Å². The van der Waals surface area contributed by atoms with E-state index >= 15 is 0 Å². The second kappa shape index (κ2) is 3.57. The molecule has 1 heterocycles. The maximum atomic E-state index is 11.6. The van der Waals surface area contributed by atoms with Crippen LogP contribution < -0.4 is 0 Å². The lowest BCUT2D eigenvalue weighted by Crippen LogP contribution is -2.30. The monoisotopic (exact) mass is 214 g/mol. The highest BCUT2D eigenvalue weighted by Gasteiger charge is 2.51. The Bertz CT molecular complexity index is 263. The van der Waals surface area contributed by atoms with Crippen molar-refractivity contribution in [1.29, 1.82) is 0 Å². The lowest BCUT2D eigenvalue weighted by Gasteiger charge is -2.36. The third-order valence-electron chi connectivity index (χ3n) is 2.92. The number of rotatable bonds is 2. The fourth-order valence-corrected chi connectivity index (χ4v) is 3.66. The van der Waals surface area contributed by atoms with Crippen molar-refractivity contribution in [3.05, 3.63) is 0 Å². The molecule has 2 fully saturated rings. The third-order valence-corrected chi connectivity index (χ3v) is 4.67. The first-order valence-corrected chi connectivity index (χ1v) is 5.92. The topological polar surface area (TPSA) is 43.4 Å². The fraction of sp³-hybridized carbons (Fsp3) is 0.800. The molecule has 78 valence electrons. The molecule has 0 amide bonds. The molecule has 1 saturated heterocycles. The first-order chi connectivity index (χ1) is 6.67. The van der Waals surface area contributed by atoms with Crippen LogP contribution in [-0.4, -0.2) is 28.4 Å². The van der Waals surface area contributed by atoms with Gasteiger partial charge in [-0.25, -0.2) is 0 Å². The van der Waals surface area contributed by atoms with Gasteiger partial charge in [-0.2, -0.15) is 0 Å². The van der Waals surface area contributed by atoms with Crippen LogP contribution in [0.4, 0.5) is 0 Å². The van der Waals surface area contributed by atoms with Gasteiger partial charge in [0, 0.05) is 11.2 Å². The highest BCUT2D eigenvalue weighted by molar-refractivity contribution is 8.03. The van der Waals surface area contributed by atoms with Gasteiger partial charge in [0.15, 0.2) is 11.0 Å². The van der Waals surface area contributed by atoms with Crippen LogP contribution in [0.3, 0.4) is 0 Å². The molecular formula is C10H14O3S. The Morgan fingerprint density at radius 1 is 1.64 bits per heavy atom. The first-order valence-electron chi connectivity index (χ1n) is 5.04. The second-order valence-corrected chi connectivity index (χ2v) is 5.50. The van der Waals surface area contributed by atoms with Gasteiger partial charge in [-0.15, -0.1) is 11.8 Å². The fourth-order valence-electron chi connectivity index (χ4n) is 2.03. The molecule has 1 aliphatic heterocycles. The third kappa shape index (κ3) is 1.56. The maximum absolute atomic E-state index is 11.6. The summed E-state index contributed by atoms with van der Waals surface area (Å²) >= 11 is 1.53. The van der Waals surface area contributed by atoms with Crippen molar-refractivity contribution in [1.82, 2.24) is 0 Å². The number of hydrogen-bond donors (Lipinski definition) is 0. The molecule has 2 rings (SSSR count). The van der Waals surface area contributed by atoms with Crippen molar-refractivity contribution in [2.24, 2.45) is 0 Å². The summed E-state index contributed by atoms with van der Waals surface area (Å²) < 4.78 is 4.98. The van der Waals surface area contributed by atoms with E-state index in [0.29, 0.717) is 13.0 Å². The molecular weight excluding hydrogens is 200 g/mol. The van der Waals surface area contributed by atoms with Crippen molar-refractivity contribution in [2.75, 3.05) is 6.61 Å². The summed E-state index contributed by atoms with van der Waals surface area (Å²) in [5.74, 6) is -0.278. The minimum Gasteiger partial charge on any atom is -0.465 e. The molecule has 0 aromatic rings. The minimum absolute atomic E-state index is 0.0631. The maximum Gasteiger partial charge on any atom is 0.326 e. The van der Waals surface area contributed by atoms with Crippen LogP contribution in [0.1, 0.15) is 32.6 Å². The first kappa shape index (κ1) is 10.0. The smallest absolute Gasteiger partial charge is 0.326 e. The van der Waals surface area contributed by atoms with Gasteiger partial charge in [0.2, 0.25) is 0 Å². The minimum atomic E-state index is -0.532. The van der Waals surface area contributed by atoms with E-state index in [0.717, 1.165) is 12.8 Å². The van der Waals surface area contributed by atoms with Crippen molar-refractivity contribution in [3.8, 4) is 0 Å². The van der Waals surface area contributed by atoms with Crippen LogP contribution in [0.2, 0.25) is 0 Å². The Balaban J connectivity index is 2.00. The number of ketones is 1. The summed E-state index contributed by atoms with van der Waals surface area (Å²) in [6.45, 7) is 2.12. The zero-order valence-electron chi connectivity index (χ0n) is 8.25. The number of thioether (sulfide) groups is 1. The Labute approximate surface area is 87.6 Å². The van der Waals surface area contributed by atoms with E-state index in [-0.39, 0.29) is 16.5 Å². The van der Waals surface area contributed by atoms with Crippen LogP contribution in [0.5, 0.6) is 0 Å².